The van der Waals surface area contributed by atoms with E-state index in [0.29, 0.717) is 11.2 Å². The van der Waals surface area contributed by atoms with Crippen LogP contribution in [0, 0.1) is 0 Å². The molecular weight excluding hydrogens is 654 g/mol. The number of aliphatic hydroxyl groups excluding tert-OH is 6. The van der Waals surface area contributed by atoms with Crippen molar-refractivity contribution in [1.82, 2.24) is 14.6 Å². The van der Waals surface area contributed by atoms with Crippen molar-refractivity contribution in [3.63, 3.8) is 0 Å². The van der Waals surface area contributed by atoms with Gasteiger partial charge in [-0.3, -0.25) is 4.52 Å². The molecule has 4 rings (SSSR count). The maximum atomic E-state index is 12.7. The number of phosphoric ester groups is 1. The van der Waals surface area contributed by atoms with Gasteiger partial charge in [-0.05, 0) is 30.9 Å². The number of methoxy groups -OCH3 is 1. The van der Waals surface area contributed by atoms with Crippen molar-refractivity contribution in [3.05, 3.63) is 36.8 Å². The average molecular weight is 689 g/mol. The average Bonchev–Trinajstić information content (AvgIpc) is 3.49. The molecule has 19 nitrogen and oxygen atoms in total. The van der Waals surface area contributed by atoms with Gasteiger partial charge in [-0.15, -0.1) is 6.58 Å². The van der Waals surface area contributed by atoms with Gasteiger partial charge in [-0.1, -0.05) is 6.08 Å². The van der Waals surface area contributed by atoms with Gasteiger partial charge in [0.1, 0.15) is 65.8 Å². The summed E-state index contributed by atoms with van der Waals surface area (Å²) < 4.78 is 45.7. The summed E-state index contributed by atoms with van der Waals surface area (Å²) in [5.41, 5.74) is 3.39. The summed E-state index contributed by atoms with van der Waals surface area (Å²) in [6.07, 6.45) is -12.0. The molecule has 0 aliphatic carbocycles. The van der Waals surface area contributed by atoms with Crippen molar-refractivity contribution in [2.45, 2.75) is 67.1 Å². The number of aliphatic hydroxyl groups is 6. The van der Waals surface area contributed by atoms with Crippen LogP contribution in [0.3, 0.4) is 0 Å². The summed E-state index contributed by atoms with van der Waals surface area (Å²) in [6, 6.07) is 3.23. The fourth-order valence-electron chi connectivity index (χ4n) is 5.04. The van der Waals surface area contributed by atoms with Crippen molar-refractivity contribution < 1.29 is 72.6 Å². The number of ether oxygens (including phenoxy) is 3. The Kier molecular flexibility index (Phi) is 10.4. The number of hydrogen-bond acceptors (Lipinski definition) is 17. The minimum absolute atomic E-state index is 0.170. The van der Waals surface area contributed by atoms with E-state index in [4.69, 9.17) is 45.9 Å². The summed E-state index contributed by atoms with van der Waals surface area (Å²) >= 11 is 4.86. The standard InChI is InChI=1S/C22H34N4O15P2S/c1-4-22(36-3)17(10-5-6-11-18(23)24-9-25-26(10)11)39-21(2,20(22)32)8-37-43(35,44)41-42(33,34)40-19-15(31)13(29)14(30)16(38-19)12(28)7-27/h4-6,9,12-17,19-20,27-32H,1,7-8H2,2-3H3,(H,33,34)(H,35,44)(H2,23,24,25)/t12-,13?,14?,15?,16?,17-,19?,20+,21+,22-,43?/m0/s1. The topological polar surface area (TPSA) is 290 Å². The monoisotopic (exact) mass is 688 g/mol. The van der Waals surface area contributed by atoms with Crippen LogP contribution < -0.4 is 5.73 Å². The van der Waals surface area contributed by atoms with Crippen LogP contribution in [-0.2, 0) is 43.9 Å². The number of fused-ring (bicyclic) bond motifs is 1. The molecular formula is C22H34N4O15P2S. The maximum absolute atomic E-state index is 12.7. The van der Waals surface area contributed by atoms with Crippen LogP contribution in [0.1, 0.15) is 18.7 Å². The molecule has 22 heteroatoms. The molecule has 0 spiro atoms. The smallest absolute Gasteiger partial charge is 0.394 e. The van der Waals surface area contributed by atoms with Crippen LogP contribution in [0.4, 0.5) is 5.82 Å². The maximum Gasteiger partial charge on any atom is 0.481 e. The number of phosphoric acid groups is 1. The van der Waals surface area contributed by atoms with Crippen molar-refractivity contribution in [3.8, 4) is 0 Å². The highest BCUT2D eigenvalue weighted by Gasteiger charge is 2.62. The van der Waals surface area contributed by atoms with E-state index in [1.165, 1.54) is 31.0 Å². The number of anilines is 1. The molecule has 2 aliphatic rings. The van der Waals surface area contributed by atoms with Crippen LogP contribution >= 0.6 is 14.5 Å². The van der Waals surface area contributed by atoms with Gasteiger partial charge >= 0.3 is 14.5 Å². The first-order chi connectivity index (χ1) is 20.5. The second-order valence-electron chi connectivity index (χ2n) is 10.3. The Bertz CT molecular complexity index is 1450. The molecule has 0 saturated carbocycles. The summed E-state index contributed by atoms with van der Waals surface area (Å²) in [4.78, 5) is 24.8. The Hall–Kier alpha value is -1.52. The first kappa shape index (κ1) is 35.3. The Labute approximate surface area is 254 Å². The van der Waals surface area contributed by atoms with E-state index < -0.39 is 88.0 Å². The normalized spacial score (nSPS) is 37.8. The predicted octanol–water partition coefficient (Wildman–Crippen LogP) is -2.40. The molecule has 44 heavy (non-hydrogen) atoms. The Morgan fingerprint density at radius 1 is 1.25 bits per heavy atom. The van der Waals surface area contributed by atoms with E-state index >= 15 is 0 Å². The van der Waals surface area contributed by atoms with E-state index in [1.54, 1.807) is 12.1 Å². The van der Waals surface area contributed by atoms with Crippen LogP contribution in [0.2, 0.25) is 0 Å². The lowest BCUT2D eigenvalue weighted by atomic mass is 9.84. The molecule has 2 aromatic rings. The van der Waals surface area contributed by atoms with Gasteiger partial charge in [-0.25, -0.2) is 18.4 Å². The molecule has 2 saturated heterocycles. The van der Waals surface area contributed by atoms with E-state index in [2.05, 4.69) is 21.0 Å². The molecule has 248 valence electrons. The predicted molar refractivity (Wildman–Crippen MR) is 150 cm³/mol. The molecule has 2 aromatic heterocycles. The Morgan fingerprint density at radius 3 is 2.55 bits per heavy atom. The number of aromatic nitrogens is 3. The summed E-state index contributed by atoms with van der Waals surface area (Å²) in [5.74, 6) is 0.170. The number of nitrogens with two attached hydrogens (primary N) is 1. The third kappa shape index (κ3) is 6.51. The molecule has 0 amide bonds. The van der Waals surface area contributed by atoms with E-state index in [-0.39, 0.29) is 5.82 Å². The second kappa shape index (κ2) is 12.9. The van der Waals surface area contributed by atoms with Gasteiger partial charge in [-0.2, -0.15) is 5.10 Å². The summed E-state index contributed by atoms with van der Waals surface area (Å²) in [5, 5.41) is 64.7. The zero-order valence-corrected chi connectivity index (χ0v) is 25.8. The van der Waals surface area contributed by atoms with Gasteiger partial charge in [0.15, 0.2) is 12.1 Å². The highest BCUT2D eigenvalue weighted by molar-refractivity contribution is 8.08. The largest absolute Gasteiger partial charge is 0.481 e. The molecule has 0 radical (unpaired) electrons. The van der Waals surface area contributed by atoms with Crippen molar-refractivity contribution in [2.24, 2.45) is 0 Å². The van der Waals surface area contributed by atoms with Crippen molar-refractivity contribution in [2.75, 3.05) is 26.1 Å². The van der Waals surface area contributed by atoms with Gasteiger partial charge in [0.2, 0.25) is 0 Å². The molecule has 12 atom stereocenters. The van der Waals surface area contributed by atoms with Crippen molar-refractivity contribution >= 4 is 37.7 Å². The van der Waals surface area contributed by atoms with Gasteiger partial charge in [0.25, 0.3) is 0 Å². The Morgan fingerprint density at radius 2 is 1.93 bits per heavy atom. The van der Waals surface area contributed by atoms with Gasteiger partial charge in [0, 0.05) is 7.11 Å². The van der Waals surface area contributed by atoms with Crippen LogP contribution in [0.5, 0.6) is 0 Å². The minimum Gasteiger partial charge on any atom is -0.394 e. The minimum atomic E-state index is -5.48. The van der Waals surface area contributed by atoms with Crippen LogP contribution in [0.15, 0.2) is 31.1 Å². The highest BCUT2D eigenvalue weighted by Crippen LogP contribution is 2.62. The lowest BCUT2D eigenvalue weighted by Gasteiger charge is -2.41. The van der Waals surface area contributed by atoms with E-state index in [0.717, 1.165) is 0 Å². The third-order valence-corrected chi connectivity index (χ3v) is 10.9. The molecule has 2 fully saturated rings. The van der Waals surface area contributed by atoms with Crippen molar-refractivity contribution in [1.29, 1.82) is 0 Å². The quantitative estimate of drug-likeness (QED) is 0.0829. The fraction of sp³-hybridized carbons (Fsp3) is 0.636. The van der Waals surface area contributed by atoms with Gasteiger partial charge < -0.3 is 64.9 Å². The first-order valence-corrected chi connectivity index (χ1v) is 16.9. The SMILES string of the molecule is C=C[C@]1(OC)[C@H](c2ccc3c(N)ncnn23)O[C@](C)(COP(O)(=S)OP(=O)(O)OC2OC([C@@H](O)CO)C(O)C(O)C2O)[C@H]1O. The second-order valence-corrected chi connectivity index (χ2v) is 14.6. The molecule has 4 heterocycles. The summed E-state index contributed by atoms with van der Waals surface area (Å²) in [6.45, 7) is -1.25. The fourth-order valence-corrected chi connectivity index (χ4v) is 8.20. The molecule has 0 aromatic carbocycles. The summed E-state index contributed by atoms with van der Waals surface area (Å²) in [7, 11) is -4.18. The van der Waals surface area contributed by atoms with Gasteiger partial charge in [0.05, 0.1) is 18.9 Å². The number of nitrogen functional groups attached to an aromatic ring is 1. The highest BCUT2D eigenvalue weighted by atomic mass is 32.5. The zero-order valence-electron chi connectivity index (χ0n) is 23.2. The van der Waals surface area contributed by atoms with E-state index in [1.807, 2.05) is 0 Å². The number of rotatable bonds is 12. The number of hydrogen-bond donors (Lipinski definition) is 9. The molecule has 2 aliphatic heterocycles. The molecule has 0 bridgehead atoms. The van der Waals surface area contributed by atoms with Crippen LogP contribution in [-0.4, -0.2) is 129 Å². The molecule has 10 N–H and O–H groups in total. The lowest BCUT2D eigenvalue weighted by molar-refractivity contribution is -0.292. The zero-order chi connectivity index (χ0) is 32.8. The number of nitrogens with zero attached hydrogens (tertiary/aromatic N) is 3. The first-order valence-electron chi connectivity index (χ1n) is 12.8. The molecule has 7 unspecified atom stereocenters. The lowest BCUT2D eigenvalue weighted by Crippen LogP contribution is -2.61. The Balaban J connectivity index is 1.50. The van der Waals surface area contributed by atoms with E-state index in [9.17, 15) is 39.9 Å². The third-order valence-electron chi connectivity index (χ3n) is 7.39. The van der Waals surface area contributed by atoms with Crippen LogP contribution in [0.25, 0.3) is 5.52 Å².